The summed E-state index contributed by atoms with van der Waals surface area (Å²) in [5.74, 6) is 1.24. The number of thioether (sulfide) groups is 1. The average molecular weight is 295 g/mol. The van der Waals surface area contributed by atoms with Crippen molar-refractivity contribution in [1.82, 2.24) is 0 Å². The molecule has 0 heterocycles. The molecule has 20 heavy (non-hydrogen) atoms. The molecule has 0 saturated carbocycles. The van der Waals surface area contributed by atoms with E-state index < -0.39 is 0 Å². The molecule has 0 radical (unpaired) electrons. The fourth-order valence-corrected chi connectivity index (χ4v) is 3.35. The molecule has 3 nitrogen and oxygen atoms in total. The number of para-hydroxylation sites is 2. The van der Waals surface area contributed by atoms with Gasteiger partial charge in [-0.2, -0.15) is 0 Å². The number of hydrogen-bond donors (Lipinski definition) is 1. The number of hydrogen-bond acceptors (Lipinski definition) is 3. The Morgan fingerprint density at radius 2 is 1.90 bits per heavy atom. The predicted molar refractivity (Wildman–Crippen MR) is 87.7 cm³/mol. The lowest BCUT2D eigenvalue weighted by molar-refractivity contribution is -0.113. The van der Waals surface area contributed by atoms with Gasteiger partial charge in [-0.15, -0.1) is 11.8 Å². The Hall–Kier alpha value is -1.16. The minimum absolute atomic E-state index is 0.0386. The quantitative estimate of drug-likeness (QED) is 0.736. The normalized spacial score (nSPS) is 10.6. The van der Waals surface area contributed by atoms with E-state index in [1.165, 1.54) is 25.7 Å². The van der Waals surface area contributed by atoms with Gasteiger partial charge in [0.25, 0.3) is 0 Å². The number of anilines is 1. The summed E-state index contributed by atoms with van der Waals surface area (Å²) in [6, 6.07) is 7.49. The number of amides is 1. The number of benzene rings is 1. The Bertz CT molecular complexity index is 403. The lowest BCUT2D eigenvalue weighted by atomic mass is 10.2. The number of carbonyl (C=O) groups is 1. The van der Waals surface area contributed by atoms with E-state index in [0.29, 0.717) is 16.8 Å². The van der Waals surface area contributed by atoms with Crippen LogP contribution in [0.15, 0.2) is 24.3 Å². The molecule has 1 aromatic carbocycles. The molecule has 0 aliphatic carbocycles. The molecular weight excluding hydrogens is 270 g/mol. The monoisotopic (exact) mass is 295 g/mol. The summed E-state index contributed by atoms with van der Waals surface area (Å²) in [6.07, 6.45) is 4.71. The second-order valence-corrected chi connectivity index (χ2v) is 6.05. The summed E-state index contributed by atoms with van der Waals surface area (Å²) in [4.78, 5) is 12.0. The fourth-order valence-electron chi connectivity index (χ4n) is 2.08. The molecule has 0 aliphatic rings. The third-order valence-corrected chi connectivity index (χ3v) is 4.42. The first-order valence-electron chi connectivity index (χ1n) is 7.25. The number of rotatable bonds is 9. The van der Waals surface area contributed by atoms with Gasteiger partial charge in [0.15, 0.2) is 0 Å². The van der Waals surface area contributed by atoms with Gasteiger partial charge < -0.3 is 10.1 Å². The molecule has 0 unspecified atom stereocenters. The zero-order valence-corrected chi connectivity index (χ0v) is 13.5. The smallest absolute Gasteiger partial charge is 0.234 e. The molecule has 0 fully saturated rings. The first-order valence-corrected chi connectivity index (χ1v) is 8.30. The van der Waals surface area contributed by atoms with Crippen molar-refractivity contribution in [2.24, 2.45) is 0 Å². The fraction of sp³-hybridized carbons (Fsp3) is 0.562. The first kappa shape index (κ1) is 16.9. The van der Waals surface area contributed by atoms with E-state index in [9.17, 15) is 4.79 Å². The molecular formula is C16H25NO2S. The maximum atomic E-state index is 12.0. The van der Waals surface area contributed by atoms with Gasteiger partial charge >= 0.3 is 0 Å². The predicted octanol–water partition coefficient (Wildman–Crippen LogP) is 4.34. The lowest BCUT2D eigenvalue weighted by Gasteiger charge is -2.15. The van der Waals surface area contributed by atoms with Crippen molar-refractivity contribution in [3.63, 3.8) is 0 Å². The second kappa shape index (κ2) is 9.70. The van der Waals surface area contributed by atoms with Crippen LogP contribution < -0.4 is 10.1 Å². The zero-order chi connectivity index (χ0) is 14.8. The van der Waals surface area contributed by atoms with Crippen molar-refractivity contribution in [3.8, 4) is 5.75 Å². The molecule has 0 saturated heterocycles. The zero-order valence-electron chi connectivity index (χ0n) is 12.6. The van der Waals surface area contributed by atoms with Gasteiger partial charge in [-0.25, -0.2) is 0 Å². The van der Waals surface area contributed by atoms with Crippen LogP contribution in [0.2, 0.25) is 0 Å². The first-order chi connectivity index (χ1) is 9.71. The van der Waals surface area contributed by atoms with Crippen LogP contribution in [-0.4, -0.2) is 24.0 Å². The van der Waals surface area contributed by atoms with Gasteiger partial charge in [-0.1, -0.05) is 38.8 Å². The SMILES string of the molecule is CCCC(CCC)SCC(=O)Nc1ccccc1OC. The van der Waals surface area contributed by atoms with Crippen molar-refractivity contribution < 1.29 is 9.53 Å². The van der Waals surface area contributed by atoms with Crippen LogP contribution in [0.25, 0.3) is 0 Å². The summed E-state index contributed by atoms with van der Waals surface area (Å²) in [7, 11) is 1.61. The Labute approximate surface area is 126 Å². The van der Waals surface area contributed by atoms with Gasteiger partial charge in [-0.3, -0.25) is 4.79 Å². The van der Waals surface area contributed by atoms with Crippen LogP contribution in [0.3, 0.4) is 0 Å². The highest BCUT2D eigenvalue weighted by atomic mass is 32.2. The van der Waals surface area contributed by atoms with Crippen molar-refractivity contribution in [2.75, 3.05) is 18.2 Å². The van der Waals surface area contributed by atoms with Gasteiger partial charge in [0, 0.05) is 5.25 Å². The molecule has 4 heteroatoms. The summed E-state index contributed by atoms with van der Waals surface area (Å²) < 4.78 is 5.23. The van der Waals surface area contributed by atoms with Gasteiger partial charge in [0.2, 0.25) is 5.91 Å². The number of nitrogens with one attached hydrogen (secondary N) is 1. The molecule has 0 spiro atoms. The number of ether oxygens (including phenoxy) is 1. The maximum absolute atomic E-state index is 12.0. The van der Waals surface area contributed by atoms with E-state index in [-0.39, 0.29) is 5.91 Å². The number of methoxy groups -OCH3 is 1. The van der Waals surface area contributed by atoms with E-state index in [4.69, 9.17) is 4.74 Å². The summed E-state index contributed by atoms with van der Waals surface area (Å²) in [6.45, 7) is 4.39. The molecule has 1 amide bonds. The third kappa shape index (κ3) is 5.87. The van der Waals surface area contributed by atoms with Crippen LogP contribution in [-0.2, 0) is 4.79 Å². The standard InChI is InChI=1S/C16H25NO2S/c1-4-8-13(9-5-2)20-12-16(18)17-14-10-6-7-11-15(14)19-3/h6-7,10-11,13H,4-5,8-9,12H2,1-3H3,(H,17,18). The van der Waals surface area contributed by atoms with Crippen LogP contribution in [0, 0.1) is 0 Å². The molecule has 1 rings (SSSR count). The minimum Gasteiger partial charge on any atom is -0.495 e. The highest BCUT2D eigenvalue weighted by Crippen LogP contribution is 2.25. The van der Waals surface area contributed by atoms with E-state index in [1.807, 2.05) is 24.3 Å². The highest BCUT2D eigenvalue weighted by Gasteiger charge is 2.11. The molecule has 1 N–H and O–H groups in total. The van der Waals surface area contributed by atoms with Crippen molar-refractivity contribution in [2.45, 2.75) is 44.8 Å². The Morgan fingerprint density at radius 3 is 2.50 bits per heavy atom. The van der Waals surface area contributed by atoms with Gasteiger partial charge in [0.1, 0.15) is 5.75 Å². The van der Waals surface area contributed by atoms with Crippen LogP contribution in [0.4, 0.5) is 5.69 Å². The Kier molecular flexibility index (Phi) is 8.19. The molecule has 0 atom stereocenters. The number of carbonyl (C=O) groups excluding carboxylic acids is 1. The summed E-state index contributed by atoms with van der Waals surface area (Å²) in [5, 5.41) is 3.51. The highest BCUT2D eigenvalue weighted by molar-refractivity contribution is 8.00. The third-order valence-electron chi connectivity index (χ3n) is 3.05. The van der Waals surface area contributed by atoms with Crippen LogP contribution >= 0.6 is 11.8 Å². The minimum atomic E-state index is 0.0386. The molecule has 0 aromatic heterocycles. The average Bonchev–Trinajstić information content (AvgIpc) is 2.46. The van der Waals surface area contributed by atoms with E-state index in [2.05, 4.69) is 19.2 Å². The van der Waals surface area contributed by atoms with E-state index >= 15 is 0 Å². The van der Waals surface area contributed by atoms with E-state index in [1.54, 1.807) is 18.9 Å². The molecule has 0 aliphatic heterocycles. The summed E-state index contributed by atoms with van der Waals surface area (Å²) >= 11 is 1.76. The van der Waals surface area contributed by atoms with Crippen LogP contribution in [0.1, 0.15) is 39.5 Å². The Balaban J connectivity index is 2.46. The molecule has 112 valence electrons. The van der Waals surface area contributed by atoms with Gasteiger partial charge in [0.05, 0.1) is 18.6 Å². The molecule has 0 bridgehead atoms. The van der Waals surface area contributed by atoms with E-state index in [0.717, 1.165) is 5.69 Å². The van der Waals surface area contributed by atoms with Gasteiger partial charge in [-0.05, 0) is 25.0 Å². The summed E-state index contributed by atoms with van der Waals surface area (Å²) in [5.41, 5.74) is 0.739. The topological polar surface area (TPSA) is 38.3 Å². The van der Waals surface area contributed by atoms with Crippen molar-refractivity contribution in [1.29, 1.82) is 0 Å². The van der Waals surface area contributed by atoms with Crippen LogP contribution in [0.5, 0.6) is 5.75 Å². The second-order valence-electron chi connectivity index (χ2n) is 4.76. The molecule has 1 aromatic rings. The lowest BCUT2D eigenvalue weighted by Crippen LogP contribution is -2.17. The maximum Gasteiger partial charge on any atom is 0.234 e. The Morgan fingerprint density at radius 1 is 1.25 bits per heavy atom. The van der Waals surface area contributed by atoms with Crippen molar-refractivity contribution >= 4 is 23.4 Å². The van der Waals surface area contributed by atoms with Crippen molar-refractivity contribution in [3.05, 3.63) is 24.3 Å². The largest absolute Gasteiger partial charge is 0.495 e.